The van der Waals surface area contributed by atoms with Crippen molar-refractivity contribution in [3.8, 4) is 0 Å². The second-order valence-electron chi connectivity index (χ2n) is 5.40. The number of nitrogens with two attached hydrogens (primary N) is 1. The van der Waals surface area contributed by atoms with Gasteiger partial charge >= 0.3 is 0 Å². The molecule has 0 aliphatic carbocycles. The number of hydrogen-bond donors (Lipinski definition) is 1. The van der Waals surface area contributed by atoms with Crippen molar-refractivity contribution in [2.75, 3.05) is 19.6 Å². The maximum Gasteiger partial charge on any atom is 0.0534 e. The lowest BCUT2D eigenvalue weighted by Crippen LogP contribution is -2.37. The van der Waals surface area contributed by atoms with Crippen molar-refractivity contribution >= 4 is 0 Å². The highest BCUT2D eigenvalue weighted by atomic mass is 15.3. The van der Waals surface area contributed by atoms with Crippen LogP contribution < -0.4 is 5.73 Å². The van der Waals surface area contributed by atoms with Gasteiger partial charge in [0.25, 0.3) is 0 Å². The summed E-state index contributed by atoms with van der Waals surface area (Å²) in [5, 5.41) is 4.39. The number of aromatic nitrogens is 2. The van der Waals surface area contributed by atoms with E-state index in [2.05, 4.69) is 30.0 Å². The van der Waals surface area contributed by atoms with E-state index in [1.807, 2.05) is 10.9 Å². The van der Waals surface area contributed by atoms with Gasteiger partial charge in [-0.15, -0.1) is 0 Å². The molecule has 4 nitrogen and oxygen atoms in total. The molecule has 1 aliphatic rings. The van der Waals surface area contributed by atoms with Gasteiger partial charge in [-0.25, -0.2) is 0 Å². The summed E-state index contributed by atoms with van der Waals surface area (Å²) in [6.45, 7) is 8.49. The van der Waals surface area contributed by atoms with Crippen LogP contribution in [0.5, 0.6) is 0 Å². The number of nitrogens with zero attached hydrogens (tertiary/aromatic N) is 3. The number of rotatable bonds is 4. The lowest BCUT2D eigenvalue weighted by molar-refractivity contribution is 0.171. The SMILES string of the molecule is CC(C)n1cc(CN2CCCC(CN)C2)cn1. The Morgan fingerprint density at radius 1 is 1.53 bits per heavy atom. The van der Waals surface area contributed by atoms with Crippen molar-refractivity contribution in [2.45, 2.75) is 39.3 Å². The molecule has 17 heavy (non-hydrogen) atoms. The minimum atomic E-state index is 0.446. The second-order valence-corrected chi connectivity index (χ2v) is 5.40. The zero-order valence-electron chi connectivity index (χ0n) is 11.0. The van der Waals surface area contributed by atoms with E-state index in [0.29, 0.717) is 12.0 Å². The van der Waals surface area contributed by atoms with Crippen LogP contribution in [0.2, 0.25) is 0 Å². The summed E-state index contributed by atoms with van der Waals surface area (Å²) in [7, 11) is 0. The van der Waals surface area contributed by atoms with Gasteiger partial charge in [0.05, 0.1) is 6.20 Å². The van der Waals surface area contributed by atoms with Crippen molar-refractivity contribution in [1.29, 1.82) is 0 Å². The van der Waals surface area contributed by atoms with E-state index in [0.717, 1.165) is 19.6 Å². The second kappa shape index (κ2) is 5.65. The molecule has 2 rings (SSSR count). The molecule has 1 fully saturated rings. The first-order valence-electron chi connectivity index (χ1n) is 6.64. The first-order chi connectivity index (χ1) is 8.19. The summed E-state index contributed by atoms with van der Waals surface area (Å²) in [4.78, 5) is 2.50. The van der Waals surface area contributed by atoms with Gasteiger partial charge in [-0.2, -0.15) is 5.10 Å². The maximum absolute atomic E-state index is 5.76. The van der Waals surface area contributed by atoms with Crippen molar-refractivity contribution in [3.05, 3.63) is 18.0 Å². The van der Waals surface area contributed by atoms with E-state index in [-0.39, 0.29) is 0 Å². The average Bonchev–Trinajstić information content (AvgIpc) is 2.78. The molecule has 0 spiro atoms. The van der Waals surface area contributed by atoms with Crippen LogP contribution >= 0.6 is 0 Å². The van der Waals surface area contributed by atoms with Crippen LogP contribution in [0.25, 0.3) is 0 Å². The summed E-state index contributed by atoms with van der Waals surface area (Å²) in [6, 6.07) is 0.446. The van der Waals surface area contributed by atoms with Gasteiger partial charge in [-0.1, -0.05) is 0 Å². The van der Waals surface area contributed by atoms with Crippen LogP contribution in [-0.2, 0) is 6.54 Å². The Morgan fingerprint density at radius 2 is 2.35 bits per heavy atom. The fourth-order valence-corrected chi connectivity index (χ4v) is 2.49. The molecule has 96 valence electrons. The molecule has 1 aromatic rings. The number of piperidine rings is 1. The molecule has 4 heteroatoms. The standard InChI is InChI=1S/C13H24N4/c1-11(2)17-10-13(7-15-17)9-16-5-3-4-12(6-14)8-16/h7,10-12H,3-6,8-9,14H2,1-2H3. The van der Waals surface area contributed by atoms with E-state index in [1.165, 1.54) is 24.9 Å². The van der Waals surface area contributed by atoms with E-state index in [4.69, 9.17) is 5.73 Å². The lowest BCUT2D eigenvalue weighted by Gasteiger charge is -2.31. The molecular weight excluding hydrogens is 212 g/mol. The van der Waals surface area contributed by atoms with Crippen molar-refractivity contribution in [2.24, 2.45) is 11.7 Å². The highest BCUT2D eigenvalue weighted by Gasteiger charge is 2.19. The van der Waals surface area contributed by atoms with Gasteiger partial charge in [0.2, 0.25) is 0 Å². The molecule has 2 heterocycles. The van der Waals surface area contributed by atoms with Gasteiger partial charge in [0.15, 0.2) is 0 Å². The summed E-state index contributed by atoms with van der Waals surface area (Å²) in [5.41, 5.74) is 7.08. The molecule has 0 amide bonds. The van der Waals surface area contributed by atoms with Crippen molar-refractivity contribution < 1.29 is 0 Å². The van der Waals surface area contributed by atoms with E-state index in [1.54, 1.807) is 0 Å². The Balaban J connectivity index is 1.91. The third kappa shape index (κ3) is 3.30. The molecule has 0 bridgehead atoms. The Morgan fingerprint density at radius 3 is 3.00 bits per heavy atom. The molecule has 1 atom stereocenters. The van der Waals surface area contributed by atoms with Crippen LogP contribution in [0.15, 0.2) is 12.4 Å². The molecule has 1 aliphatic heterocycles. The first kappa shape index (κ1) is 12.6. The molecule has 2 N–H and O–H groups in total. The van der Waals surface area contributed by atoms with Crippen molar-refractivity contribution in [3.63, 3.8) is 0 Å². The van der Waals surface area contributed by atoms with Crippen LogP contribution in [0.3, 0.4) is 0 Å². The average molecular weight is 236 g/mol. The van der Waals surface area contributed by atoms with Gasteiger partial charge in [0.1, 0.15) is 0 Å². The van der Waals surface area contributed by atoms with E-state index >= 15 is 0 Å². The Bertz CT molecular complexity index is 345. The minimum absolute atomic E-state index is 0.446. The number of hydrogen-bond acceptors (Lipinski definition) is 3. The predicted octanol–water partition coefficient (Wildman–Crippen LogP) is 1.63. The topological polar surface area (TPSA) is 47.1 Å². The molecule has 0 radical (unpaired) electrons. The van der Waals surface area contributed by atoms with E-state index < -0.39 is 0 Å². The Hall–Kier alpha value is -0.870. The molecule has 1 unspecified atom stereocenters. The Kier molecular flexibility index (Phi) is 4.18. The first-order valence-corrected chi connectivity index (χ1v) is 6.64. The highest BCUT2D eigenvalue weighted by molar-refractivity contribution is 5.04. The Labute approximate surface area is 104 Å². The zero-order valence-corrected chi connectivity index (χ0v) is 11.0. The molecule has 0 aromatic carbocycles. The third-order valence-electron chi connectivity index (χ3n) is 3.53. The van der Waals surface area contributed by atoms with Crippen LogP contribution in [0, 0.1) is 5.92 Å². The van der Waals surface area contributed by atoms with Gasteiger partial charge < -0.3 is 5.73 Å². The van der Waals surface area contributed by atoms with Crippen LogP contribution in [0.1, 0.15) is 38.3 Å². The fourth-order valence-electron chi connectivity index (χ4n) is 2.49. The normalized spacial score (nSPS) is 22.2. The van der Waals surface area contributed by atoms with E-state index in [9.17, 15) is 0 Å². The predicted molar refractivity (Wildman–Crippen MR) is 69.7 cm³/mol. The summed E-state index contributed by atoms with van der Waals surface area (Å²) < 4.78 is 2.03. The van der Waals surface area contributed by atoms with Crippen molar-refractivity contribution in [1.82, 2.24) is 14.7 Å². The monoisotopic (exact) mass is 236 g/mol. The molecule has 1 aromatic heterocycles. The summed E-state index contributed by atoms with van der Waals surface area (Å²) in [5.74, 6) is 0.684. The summed E-state index contributed by atoms with van der Waals surface area (Å²) >= 11 is 0. The molecule has 1 saturated heterocycles. The van der Waals surface area contributed by atoms with Crippen LogP contribution in [-0.4, -0.2) is 34.3 Å². The highest BCUT2D eigenvalue weighted by Crippen LogP contribution is 2.17. The molecule has 0 saturated carbocycles. The molecular formula is C13H24N4. The van der Waals surface area contributed by atoms with Crippen LogP contribution in [0.4, 0.5) is 0 Å². The smallest absolute Gasteiger partial charge is 0.0534 e. The number of likely N-dealkylation sites (tertiary alicyclic amines) is 1. The van der Waals surface area contributed by atoms with Gasteiger partial charge in [-0.05, 0) is 45.7 Å². The van der Waals surface area contributed by atoms with Gasteiger partial charge in [0, 0.05) is 30.9 Å². The lowest BCUT2D eigenvalue weighted by atomic mass is 9.98. The largest absolute Gasteiger partial charge is 0.330 e. The zero-order chi connectivity index (χ0) is 12.3. The minimum Gasteiger partial charge on any atom is -0.330 e. The summed E-state index contributed by atoms with van der Waals surface area (Å²) in [6.07, 6.45) is 6.72. The van der Waals surface area contributed by atoms with Gasteiger partial charge in [-0.3, -0.25) is 9.58 Å². The third-order valence-corrected chi connectivity index (χ3v) is 3.53. The quantitative estimate of drug-likeness (QED) is 0.864. The maximum atomic E-state index is 5.76. The fraction of sp³-hybridized carbons (Fsp3) is 0.769.